The second kappa shape index (κ2) is 2.88. The van der Waals surface area contributed by atoms with Crippen LogP contribution in [0.4, 0.5) is 0 Å². The van der Waals surface area contributed by atoms with Gasteiger partial charge >= 0.3 is 0 Å². The SMILES string of the molecule is Cc1cc(C)c2[nH]c(C#N)c(C)c2c1. The Labute approximate surface area is 83.2 Å². The molecular weight excluding hydrogens is 172 g/mol. The molecule has 2 aromatic rings. The molecule has 1 heterocycles. The first kappa shape index (κ1) is 8.83. The Bertz CT molecular complexity index is 541. The topological polar surface area (TPSA) is 39.6 Å². The van der Waals surface area contributed by atoms with Gasteiger partial charge in [0.2, 0.25) is 0 Å². The maximum absolute atomic E-state index is 8.90. The average Bonchev–Trinajstić information content (AvgIpc) is 2.44. The van der Waals surface area contributed by atoms with Crippen molar-refractivity contribution in [3.63, 3.8) is 0 Å². The Morgan fingerprint density at radius 1 is 1.21 bits per heavy atom. The van der Waals surface area contributed by atoms with Gasteiger partial charge in [-0.2, -0.15) is 5.26 Å². The van der Waals surface area contributed by atoms with Crippen LogP contribution in [0.2, 0.25) is 0 Å². The largest absolute Gasteiger partial charge is 0.346 e. The molecule has 0 radical (unpaired) electrons. The molecule has 0 fully saturated rings. The molecule has 1 aromatic carbocycles. The van der Waals surface area contributed by atoms with E-state index in [-0.39, 0.29) is 0 Å². The summed E-state index contributed by atoms with van der Waals surface area (Å²) in [6.07, 6.45) is 0. The molecule has 2 rings (SSSR count). The number of nitrogens with one attached hydrogen (secondary N) is 1. The number of hydrogen-bond donors (Lipinski definition) is 1. The zero-order chi connectivity index (χ0) is 10.3. The van der Waals surface area contributed by atoms with Crippen molar-refractivity contribution in [3.8, 4) is 6.07 Å². The highest BCUT2D eigenvalue weighted by molar-refractivity contribution is 5.88. The van der Waals surface area contributed by atoms with Crippen molar-refractivity contribution in [1.82, 2.24) is 4.98 Å². The predicted octanol–water partition coefficient (Wildman–Crippen LogP) is 2.96. The van der Waals surface area contributed by atoms with E-state index in [1.165, 1.54) is 16.5 Å². The molecule has 0 saturated carbocycles. The lowest BCUT2D eigenvalue weighted by Gasteiger charge is -1.98. The fourth-order valence-corrected chi connectivity index (χ4v) is 1.89. The van der Waals surface area contributed by atoms with Crippen molar-refractivity contribution < 1.29 is 0 Å². The van der Waals surface area contributed by atoms with Gasteiger partial charge in [0.15, 0.2) is 0 Å². The van der Waals surface area contributed by atoms with E-state index in [0.717, 1.165) is 11.1 Å². The molecule has 1 aromatic heterocycles. The molecule has 0 bridgehead atoms. The standard InChI is InChI=1S/C12H12N2/c1-7-4-8(2)12-10(5-7)9(3)11(6-13)14-12/h4-5,14H,1-3H3. The van der Waals surface area contributed by atoms with Crippen LogP contribution in [0.15, 0.2) is 12.1 Å². The van der Waals surface area contributed by atoms with E-state index >= 15 is 0 Å². The molecule has 2 heteroatoms. The number of aryl methyl sites for hydroxylation is 3. The van der Waals surface area contributed by atoms with Gasteiger partial charge in [0.05, 0.1) is 0 Å². The highest BCUT2D eigenvalue weighted by Gasteiger charge is 2.08. The first-order valence-corrected chi connectivity index (χ1v) is 4.63. The molecule has 0 saturated heterocycles. The highest BCUT2D eigenvalue weighted by Crippen LogP contribution is 2.25. The molecule has 0 amide bonds. The number of nitriles is 1. The number of rotatable bonds is 0. The van der Waals surface area contributed by atoms with Gasteiger partial charge in [0, 0.05) is 10.9 Å². The summed E-state index contributed by atoms with van der Waals surface area (Å²) < 4.78 is 0. The second-order valence-corrected chi connectivity index (χ2v) is 3.74. The van der Waals surface area contributed by atoms with Crippen LogP contribution in [0.1, 0.15) is 22.4 Å². The molecular formula is C12H12N2. The Hall–Kier alpha value is -1.75. The lowest BCUT2D eigenvalue weighted by atomic mass is 10.1. The third-order valence-electron chi connectivity index (χ3n) is 2.62. The number of benzene rings is 1. The van der Waals surface area contributed by atoms with Crippen LogP contribution in [0.3, 0.4) is 0 Å². The van der Waals surface area contributed by atoms with E-state index in [1.54, 1.807) is 0 Å². The summed E-state index contributed by atoms with van der Waals surface area (Å²) in [6, 6.07) is 6.42. The van der Waals surface area contributed by atoms with Gasteiger partial charge in [-0.05, 0) is 38.0 Å². The van der Waals surface area contributed by atoms with Crippen molar-refractivity contribution >= 4 is 10.9 Å². The minimum Gasteiger partial charge on any atom is -0.346 e. The summed E-state index contributed by atoms with van der Waals surface area (Å²) in [5.41, 5.74) is 5.25. The zero-order valence-corrected chi connectivity index (χ0v) is 8.60. The van der Waals surface area contributed by atoms with Crippen LogP contribution in [0.25, 0.3) is 10.9 Å². The Balaban J connectivity index is 2.94. The van der Waals surface area contributed by atoms with Gasteiger partial charge < -0.3 is 4.98 Å². The van der Waals surface area contributed by atoms with Crippen molar-refractivity contribution in [1.29, 1.82) is 5.26 Å². The number of H-pyrrole nitrogens is 1. The minimum absolute atomic E-state index is 0.675. The van der Waals surface area contributed by atoms with Crippen molar-refractivity contribution in [2.75, 3.05) is 0 Å². The summed E-state index contributed by atoms with van der Waals surface area (Å²) in [6.45, 7) is 6.12. The van der Waals surface area contributed by atoms with Crippen LogP contribution < -0.4 is 0 Å². The molecule has 70 valence electrons. The van der Waals surface area contributed by atoms with Crippen molar-refractivity contribution in [3.05, 3.63) is 34.5 Å². The van der Waals surface area contributed by atoms with Crippen molar-refractivity contribution in [2.24, 2.45) is 0 Å². The highest BCUT2D eigenvalue weighted by atomic mass is 14.7. The number of aromatic nitrogens is 1. The number of nitrogens with zero attached hydrogens (tertiary/aromatic N) is 1. The van der Waals surface area contributed by atoms with Gasteiger partial charge in [-0.15, -0.1) is 0 Å². The number of hydrogen-bond acceptors (Lipinski definition) is 1. The third-order valence-corrected chi connectivity index (χ3v) is 2.62. The maximum atomic E-state index is 8.90. The third kappa shape index (κ3) is 1.10. The van der Waals surface area contributed by atoms with Crippen molar-refractivity contribution in [2.45, 2.75) is 20.8 Å². The average molecular weight is 184 g/mol. The van der Waals surface area contributed by atoms with Crippen LogP contribution in [0.5, 0.6) is 0 Å². The summed E-state index contributed by atoms with van der Waals surface area (Å²) in [4.78, 5) is 3.15. The van der Waals surface area contributed by atoms with Gasteiger partial charge in [0.1, 0.15) is 11.8 Å². The predicted molar refractivity (Wildman–Crippen MR) is 57.2 cm³/mol. The Morgan fingerprint density at radius 3 is 2.57 bits per heavy atom. The van der Waals surface area contributed by atoms with E-state index < -0.39 is 0 Å². The smallest absolute Gasteiger partial charge is 0.121 e. The van der Waals surface area contributed by atoms with Crippen LogP contribution >= 0.6 is 0 Å². The summed E-state index contributed by atoms with van der Waals surface area (Å²) in [5, 5.41) is 10.1. The second-order valence-electron chi connectivity index (χ2n) is 3.74. The zero-order valence-electron chi connectivity index (χ0n) is 8.60. The number of aromatic amines is 1. The molecule has 1 N–H and O–H groups in total. The van der Waals surface area contributed by atoms with E-state index in [4.69, 9.17) is 5.26 Å². The van der Waals surface area contributed by atoms with Crippen LogP contribution in [-0.4, -0.2) is 4.98 Å². The minimum atomic E-state index is 0.675. The van der Waals surface area contributed by atoms with E-state index in [1.807, 2.05) is 6.92 Å². The first-order chi connectivity index (χ1) is 6.63. The monoisotopic (exact) mass is 184 g/mol. The lowest BCUT2D eigenvalue weighted by Crippen LogP contribution is -1.79. The quantitative estimate of drug-likeness (QED) is 0.671. The van der Waals surface area contributed by atoms with E-state index in [9.17, 15) is 0 Å². The summed E-state index contributed by atoms with van der Waals surface area (Å²) >= 11 is 0. The molecule has 2 nitrogen and oxygen atoms in total. The van der Waals surface area contributed by atoms with Gasteiger partial charge in [-0.25, -0.2) is 0 Å². The lowest BCUT2D eigenvalue weighted by molar-refractivity contribution is 1.31. The Morgan fingerprint density at radius 2 is 1.93 bits per heavy atom. The molecule has 0 atom stereocenters. The molecule has 0 unspecified atom stereocenters. The van der Waals surface area contributed by atoms with E-state index in [0.29, 0.717) is 5.69 Å². The molecule has 0 aliphatic heterocycles. The fraction of sp³-hybridized carbons (Fsp3) is 0.250. The van der Waals surface area contributed by atoms with E-state index in [2.05, 4.69) is 37.0 Å². The fourth-order valence-electron chi connectivity index (χ4n) is 1.89. The molecule has 0 aliphatic rings. The molecule has 0 aliphatic carbocycles. The Kier molecular flexibility index (Phi) is 1.82. The molecule has 14 heavy (non-hydrogen) atoms. The van der Waals surface area contributed by atoms with Gasteiger partial charge in [0.25, 0.3) is 0 Å². The summed E-state index contributed by atoms with van der Waals surface area (Å²) in [5.74, 6) is 0. The first-order valence-electron chi connectivity index (χ1n) is 4.63. The van der Waals surface area contributed by atoms with Gasteiger partial charge in [-0.3, -0.25) is 0 Å². The van der Waals surface area contributed by atoms with Crippen LogP contribution in [-0.2, 0) is 0 Å². The van der Waals surface area contributed by atoms with Gasteiger partial charge in [-0.1, -0.05) is 11.6 Å². The number of fused-ring (bicyclic) bond motifs is 1. The normalized spacial score (nSPS) is 10.4. The summed E-state index contributed by atoms with van der Waals surface area (Å²) in [7, 11) is 0. The molecule has 0 spiro atoms. The maximum Gasteiger partial charge on any atom is 0.121 e. The van der Waals surface area contributed by atoms with Crippen LogP contribution in [0, 0.1) is 32.1 Å².